The molecule has 0 radical (unpaired) electrons. The molecule has 1 heterocycles. The fraction of sp³-hybridized carbons (Fsp3) is 0.200. The van der Waals surface area contributed by atoms with E-state index in [2.05, 4.69) is 5.16 Å². The predicted octanol–water partition coefficient (Wildman–Crippen LogP) is 1.82. The normalized spacial score (nSPS) is 11.3. The number of ether oxygens (including phenoxy) is 1. The van der Waals surface area contributed by atoms with Crippen LogP contribution in [0, 0.1) is 6.92 Å². The maximum Gasteiger partial charge on any atom is 0.365 e. The van der Waals surface area contributed by atoms with Gasteiger partial charge in [-0.25, -0.2) is 4.79 Å². The van der Waals surface area contributed by atoms with Gasteiger partial charge in [0.1, 0.15) is 5.75 Å². The molecule has 0 bridgehead atoms. The second-order valence-corrected chi connectivity index (χ2v) is 4.50. The topological polar surface area (TPSA) is 78.8 Å². The van der Waals surface area contributed by atoms with Crippen molar-refractivity contribution in [3.8, 4) is 5.75 Å². The predicted molar refractivity (Wildman–Crippen MR) is 79.3 cm³/mol. The van der Waals surface area contributed by atoms with Crippen LogP contribution >= 0.6 is 0 Å². The number of carbonyl (C=O) groups excluding carboxylic acids is 1. The highest BCUT2D eigenvalue weighted by Crippen LogP contribution is 2.12. The van der Waals surface area contributed by atoms with Crippen molar-refractivity contribution in [2.75, 3.05) is 7.11 Å². The largest absolute Gasteiger partial charge is 0.497 e. The SMILES string of the molecule is COc1ccc(C(=O)ON=C(N)c2ccc(C)n2C)cc1. The van der Waals surface area contributed by atoms with Crippen molar-refractivity contribution in [1.29, 1.82) is 0 Å². The van der Waals surface area contributed by atoms with E-state index in [9.17, 15) is 4.79 Å². The van der Waals surface area contributed by atoms with Crippen molar-refractivity contribution in [2.24, 2.45) is 17.9 Å². The Balaban J connectivity index is 2.08. The lowest BCUT2D eigenvalue weighted by molar-refractivity contribution is 0.0516. The summed E-state index contributed by atoms with van der Waals surface area (Å²) in [5.74, 6) is 0.229. The third-order valence-electron chi connectivity index (χ3n) is 3.19. The van der Waals surface area contributed by atoms with Crippen LogP contribution in [0.5, 0.6) is 5.75 Å². The Morgan fingerprint density at radius 2 is 1.86 bits per heavy atom. The third-order valence-corrected chi connectivity index (χ3v) is 3.19. The van der Waals surface area contributed by atoms with Gasteiger partial charge in [0, 0.05) is 12.7 Å². The smallest absolute Gasteiger partial charge is 0.365 e. The van der Waals surface area contributed by atoms with E-state index in [0.29, 0.717) is 17.0 Å². The van der Waals surface area contributed by atoms with Crippen LogP contribution in [0.1, 0.15) is 21.7 Å². The number of carbonyl (C=O) groups is 1. The maximum absolute atomic E-state index is 11.8. The molecule has 0 amide bonds. The number of rotatable bonds is 4. The summed E-state index contributed by atoms with van der Waals surface area (Å²) in [6.45, 7) is 1.94. The number of nitrogens with zero attached hydrogens (tertiary/aromatic N) is 2. The van der Waals surface area contributed by atoms with Crippen molar-refractivity contribution >= 4 is 11.8 Å². The molecule has 0 aliphatic carbocycles. The second-order valence-electron chi connectivity index (χ2n) is 4.50. The molecule has 110 valence electrons. The number of amidine groups is 1. The Kier molecular flexibility index (Phi) is 4.27. The lowest BCUT2D eigenvalue weighted by Crippen LogP contribution is -2.18. The van der Waals surface area contributed by atoms with Crippen LogP contribution in [0.3, 0.4) is 0 Å². The van der Waals surface area contributed by atoms with Crippen LogP contribution < -0.4 is 10.5 Å². The van der Waals surface area contributed by atoms with E-state index in [4.69, 9.17) is 15.3 Å². The summed E-state index contributed by atoms with van der Waals surface area (Å²) < 4.78 is 6.88. The zero-order valence-electron chi connectivity index (χ0n) is 12.2. The number of methoxy groups -OCH3 is 1. The molecule has 0 saturated heterocycles. The number of nitrogens with two attached hydrogens (primary N) is 1. The van der Waals surface area contributed by atoms with Gasteiger partial charge in [-0.05, 0) is 43.3 Å². The van der Waals surface area contributed by atoms with Gasteiger partial charge in [0.25, 0.3) is 0 Å². The molecule has 0 spiro atoms. The summed E-state index contributed by atoms with van der Waals surface area (Å²) in [5.41, 5.74) is 7.91. The number of hydrogen-bond donors (Lipinski definition) is 1. The first kappa shape index (κ1) is 14.6. The quantitative estimate of drug-likeness (QED) is 0.402. The molecular weight excluding hydrogens is 270 g/mol. The molecule has 1 aromatic carbocycles. The van der Waals surface area contributed by atoms with Crippen molar-refractivity contribution in [3.05, 3.63) is 53.3 Å². The number of benzene rings is 1. The Morgan fingerprint density at radius 1 is 1.19 bits per heavy atom. The molecule has 2 N–H and O–H groups in total. The van der Waals surface area contributed by atoms with Gasteiger partial charge in [0.15, 0.2) is 5.84 Å². The molecule has 1 aromatic heterocycles. The van der Waals surface area contributed by atoms with Crippen molar-refractivity contribution in [2.45, 2.75) is 6.92 Å². The van der Waals surface area contributed by atoms with Crippen LogP contribution in [-0.4, -0.2) is 23.5 Å². The summed E-state index contributed by atoms with van der Waals surface area (Å²) >= 11 is 0. The molecule has 0 aliphatic heterocycles. The first-order valence-corrected chi connectivity index (χ1v) is 6.34. The van der Waals surface area contributed by atoms with Crippen LogP contribution in [0.2, 0.25) is 0 Å². The summed E-state index contributed by atoms with van der Waals surface area (Å²) in [7, 11) is 3.42. The molecule has 0 unspecified atom stereocenters. The molecule has 0 saturated carbocycles. The van der Waals surface area contributed by atoms with E-state index in [1.165, 1.54) is 0 Å². The Labute approximate surface area is 122 Å². The maximum atomic E-state index is 11.8. The van der Waals surface area contributed by atoms with Gasteiger partial charge in [0.2, 0.25) is 0 Å². The lowest BCUT2D eigenvalue weighted by atomic mass is 10.2. The van der Waals surface area contributed by atoms with E-state index < -0.39 is 5.97 Å². The van der Waals surface area contributed by atoms with Crippen LogP contribution in [0.4, 0.5) is 0 Å². The van der Waals surface area contributed by atoms with Gasteiger partial charge in [-0.2, -0.15) is 0 Å². The average molecular weight is 287 g/mol. The first-order valence-electron chi connectivity index (χ1n) is 6.34. The van der Waals surface area contributed by atoms with Gasteiger partial charge >= 0.3 is 5.97 Å². The van der Waals surface area contributed by atoms with Crippen LogP contribution in [0.25, 0.3) is 0 Å². The molecule has 0 atom stereocenters. The highest BCUT2D eigenvalue weighted by Gasteiger charge is 2.10. The number of hydrogen-bond acceptors (Lipinski definition) is 4. The number of oxime groups is 1. The fourth-order valence-corrected chi connectivity index (χ4v) is 1.79. The van der Waals surface area contributed by atoms with Crippen molar-refractivity contribution < 1.29 is 14.4 Å². The van der Waals surface area contributed by atoms with E-state index in [1.807, 2.05) is 30.7 Å². The molecule has 0 aliphatic rings. The van der Waals surface area contributed by atoms with Crippen molar-refractivity contribution in [1.82, 2.24) is 4.57 Å². The molecule has 21 heavy (non-hydrogen) atoms. The Bertz CT molecular complexity index is 672. The summed E-state index contributed by atoms with van der Waals surface area (Å²) in [6.07, 6.45) is 0. The monoisotopic (exact) mass is 287 g/mol. The molecule has 6 nitrogen and oxygen atoms in total. The minimum atomic E-state index is -0.577. The van der Waals surface area contributed by atoms with Gasteiger partial charge in [-0.15, -0.1) is 0 Å². The minimum Gasteiger partial charge on any atom is -0.497 e. The number of aryl methyl sites for hydroxylation is 1. The highest BCUT2D eigenvalue weighted by molar-refractivity contribution is 5.97. The van der Waals surface area contributed by atoms with Crippen LogP contribution in [-0.2, 0) is 11.9 Å². The van der Waals surface area contributed by atoms with Crippen LogP contribution in [0.15, 0.2) is 41.6 Å². The van der Waals surface area contributed by atoms with Gasteiger partial charge < -0.3 is 19.9 Å². The standard InChI is InChI=1S/C15H17N3O3/c1-10-4-9-13(18(10)2)14(16)17-21-15(19)11-5-7-12(20-3)8-6-11/h4-9H,1-3H3,(H2,16,17). The molecule has 2 aromatic rings. The second kappa shape index (κ2) is 6.13. The number of aromatic nitrogens is 1. The van der Waals surface area contributed by atoms with Gasteiger partial charge in [0.05, 0.1) is 18.4 Å². The van der Waals surface area contributed by atoms with Gasteiger partial charge in [-0.3, -0.25) is 0 Å². The molecule has 6 heteroatoms. The van der Waals surface area contributed by atoms with E-state index in [1.54, 1.807) is 31.4 Å². The third kappa shape index (κ3) is 3.22. The molecule has 2 rings (SSSR count). The Morgan fingerprint density at radius 3 is 2.38 bits per heavy atom. The molecule has 0 fully saturated rings. The minimum absolute atomic E-state index is 0.146. The average Bonchev–Trinajstić information content (AvgIpc) is 2.84. The lowest BCUT2D eigenvalue weighted by Gasteiger charge is -2.04. The van der Waals surface area contributed by atoms with E-state index >= 15 is 0 Å². The zero-order valence-corrected chi connectivity index (χ0v) is 12.2. The molecular formula is C15H17N3O3. The summed E-state index contributed by atoms with van der Waals surface area (Å²) in [4.78, 5) is 16.7. The Hall–Kier alpha value is -2.76. The highest BCUT2D eigenvalue weighted by atomic mass is 16.7. The van der Waals surface area contributed by atoms with Gasteiger partial charge in [-0.1, -0.05) is 5.16 Å². The summed E-state index contributed by atoms with van der Waals surface area (Å²) in [5, 5.41) is 3.68. The first-order chi connectivity index (χ1) is 10.0. The fourth-order valence-electron chi connectivity index (χ4n) is 1.79. The van der Waals surface area contributed by atoms with E-state index in [0.717, 1.165) is 5.69 Å². The zero-order chi connectivity index (χ0) is 15.4. The van der Waals surface area contributed by atoms with Crippen molar-refractivity contribution in [3.63, 3.8) is 0 Å². The van der Waals surface area contributed by atoms with E-state index in [-0.39, 0.29) is 5.84 Å². The summed E-state index contributed by atoms with van der Waals surface area (Å²) in [6, 6.07) is 10.3.